The van der Waals surface area contributed by atoms with Crippen LogP contribution in [0.25, 0.3) is 0 Å². The van der Waals surface area contributed by atoms with Gasteiger partial charge >= 0.3 is 5.97 Å². The van der Waals surface area contributed by atoms with Crippen molar-refractivity contribution < 1.29 is 27.6 Å². The third-order valence-corrected chi connectivity index (χ3v) is 9.03. The van der Waals surface area contributed by atoms with Gasteiger partial charge in [0.15, 0.2) is 15.5 Å². The molecule has 0 unspecified atom stereocenters. The molecule has 4 rings (SSSR count). The third kappa shape index (κ3) is 6.61. The number of esters is 1. The van der Waals surface area contributed by atoms with Crippen molar-refractivity contribution in [3.8, 4) is 0 Å². The Labute approximate surface area is 208 Å². The largest absolute Gasteiger partial charge is 0.468 e. The van der Waals surface area contributed by atoms with Crippen molar-refractivity contribution in [1.29, 1.82) is 0 Å². The van der Waals surface area contributed by atoms with Crippen molar-refractivity contribution in [2.75, 3.05) is 18.2 Å². The van der Waals surface area contributed by atoms with E-state index in [9.17, 15) is 18.0 Å². The summed E-state index contributed by atoms with van der Waals surface area (Å²) in [6.07, 6.45) is 6.73. The van der Waals surface area contributed by atoms with Crippen LogP contribution in [0.1, 0.15) is 44.1 Å². The van der Waals surface area contributed by atoms with E-state index < -0.39 is 15.7 Å². The van der Waals surface area contributed by atoms with Crippen LogP contribution < -0.4 is 5.32 Å². The zero-order chi connectivity index (χ0) is 24.8. The maximum atomic E-state index is 13.1. The number of thioether (sulfide) groups is 1. The molecule has 2 fully saturated rings. The number of pyridine rings is 1. The summed E-state index contributed by atoms with van der Waals surface area (Å²) < 4.78 is 29.6. The Kier molecular flexibility index (Phi) is 8.07. The maximum Gasteiger partial charge on any atom is 0.315 e. The molecule has 1 aromatic carbocycles. The predicted octanol–water partition coefficient (Wildman–Crippen LogP) is 3.58. The minimum Gasteiger partial charge on any atom is -0.468 e. The number of aromatic nitrogens is 1. The van der Waals surface area contributed by atoms with Gasteiger partial charge in [-0.05, 0) is 62.8 Å². The van der Waals surface area contributed by atoms with Gasteiger partial charge in [0.1, 0.15) is 11.9 Å². The van der Waals surface area contributed by atoms with Crippen LogP contribution in [0.2, 0.25) is 0 Å². The van der Waals surface area contributed by atoms with Gasteiger partial charge in [-0.25, -0.2) is 13.4 Å². The number of rotatable bonds is 10. The number of amides is 1. The van der Waals surface area contributed by atoms with Crippen molar-refractivity contribution in [1.82, 2.24) is 4.98 Å². The highest BCUT2D eigenvalue weighted by atomic mass is 32.2. The average molecular weight is 518 g/mol. The molecule has 2 aliphatic rings. The number of nitrogens with zero attached hydrogens (tertiary/aromatic N) is 2. The van der Waals surface area contributed by atoms with Gasteiger partial charge in [-0.15, -0.1) is 11.8 Å². The van der Waals surface area contributed by atoms with E-state index >= 15 is 0 Å². The fraction of sp³-hybridized carbons (Fsp3) is 0.417. The summed E-state index contributed by atoms with van der Waals surface area (Å²) in [5, 5.41) is 6.56. The molecule has 1 aromatic heterocycles. The molecule has 0 bridgehead atoms. The summed E-state index contributed by atoms with van der Waals surface area (Å²) in [5.74, 6) is -0.403. The fourth-order valence-electron chi connectivity index (χ4n) is 3.64. The van der Waals surface area contributed by atoms with E-state index in [0.717, 1.165) is 30.6 Å². The number of sulfone groups is 1. The molecule has 1 amide bonds. The molecule has 35 heavy (non-hydrogen) atoms. The molecule has 1 N–H and O–H groups in total. The van der Waals surface area contributed by atoms with E-state index in [1.54, 1.807) is 30.5 Å². The number of nitrogens with one attached hydrogen (secondary N) is 1. The number of oxime groups is 1. The van der Waals surface area contributed by atoms with E-state index in [0.29, 0.717) is 24.2 Å². The fourth-order valence-corrected chi connectivity index (χ4v) is 5.99. The van der Waals surface area contributed by atoms with Crippen molar-refractivity contribution in [3.63, 3.8) is 0 Å². The smallest absolute Gasteiger partial charge is 0.315 e. The highest BCUT2D eigenvalue weighted by Gasteiger charge is 2.36. The summed E-state index contributed by atoms with van der Waals surface area (Å²) >= 11 is 1.27. The number of benzene rings is 1. The van der Waals surface area contributed by atoms with Crippen molar-refractivity contribution in [2.24, 2.45) is 5.16 Å². The maximum absolute atomic E-state index is 13.1. The monoisotopic (exact) mass is 517 g/mol. The van der Waals surface area contributed by atoms with Gasteiger partial charge in [0, 0.05) is 16.7 Å². The Bertz CT molecular complexity index is 1190. The number of anilines is 1. The number of hydrogen-bond donors (Lipinski definition) is 1. The van der Waals surface area contributed by atoms with E-state index in [-0.39, 0.29) is 33.7 Å². The van der Waals surface area contributed by atoms with Crippen molar-refractivity contribution in [3.05, 3.63) is 48.2 Å². The molecule has 2 saturated carbocycles. The second kappa shape index (κ2) is 11.2. The molecule has 11 heteroatoms. The number of ether oxygens (including phenoxy) is 1. The normalized spacial score (nSPS) is 16.7. The molecular formula is C24H27N3O6S2. The number of hydrogen-bond acceptors (Lipinski definition) is 9. The van der Waals surface area contributed by atoms with Gasteiger partial charge in [0.05, 0.1) is 23.0 Å². The molecule has 1 heterocycles. The summed E-state index contributed by atoms with van der Waals surface area (Å²) in [7, 11) is -2.00. The molecule has 9 nitrogen and oxygen atoms in total. The Hall–Kier alpha value is -2.92. The molecule has 186 valence electrons. The lowest BCUT2D eigenvalue weighted by Gasteiger charge is -2.12. The van der Waals surface area contributed by atoms with Crippen LogP contribution in [-0.4, -0.2) is 55.2 Å². The summed E-state index contributed by atoms with van der Waals surface area (Å²) in [6.45, 7) is 0. The van der Waals surface area contributed by atoms with E-state index in [4.69, 9.17) is 4.84 Å². The SMILES string of the molecule is COC(=O)CSc1ccc(NC(=O)C(=NOC2CCCC2)c2ccc(S(=O)(=O)C3CC3)cc2)nc1. The van der Waals surface area contributed by atoms with Crippen molar-refractivity contribution >= 4 is 45.0 Å². The Morgan fingerprint density at radius 1 is 1.09 bits per heavy atom. The first-order valence-electron chi connectivity index (χ1n) is 11.4. The zero-order valence-corrected chi connectivity index (χ0v) is 20.9. The topological polar surface area (TPSA) is 124 Å². The minimum atomic E-state index is -3.33. The zero-order valence-electron chi connectivity index (χ0n) is 19.3. The number of carbonyl (C=O) groups is 2. The van der Waals surface area contributed by atoms with Crippen LogP contribution in [0.3, 0.4) is 0 Å². The first kappa shape index (κ1) is 25.2. The molecule has 0 saturated heterocycles. The lowest BCUT2D eigenvalue weighted by atomic mass is 10.1. The van der Waals surface area contributed by atoms with E-state index in [1.165, 1.54) is 31.0 Å². The van der Waals surface area contributed by atoms with Gasteiger partial charge in [0.25, 0.3) is 5.91 Å². The summed E-state index contributed by atoms with van der Waals surface area (Å²) in [4.78, 5) is 35.3. The minimum absolute atomic E-state index is 0.0400. The summed E-state index contributed by atoms with van der Waals surface area (Å²) in [6, 6.07) is 9.52. The second-order valence-corrected chi connectivity index (χ2v) is 11.7. The predicted molar refractivity (Wildman–Crippen MR) is 132 cm³/mol. The van der Waals surface area contributed by atoms with E-state index in [1.807, 2.05) is 0 Å². The van der Waals surface area contributed by atoms with Crippen LogP contribution in [0.5, 0.6) is 0 Å². The molecular weight excluding hydrogens is 490 g/mol. The number of carbonyl (C=O) groups excluding carboxylic acids is 2. The van der Waals surface area contributed by atoms with Gasteiger partial charge in [-0.1, -0.05) is 17.3 Å². The first-order valence-corrected chi connectivity index (χ1v) is 13.9. The first-order chi connectivity index (χ1) is 16.9. The van der Waals surface area contributed by atoms with Gasteiger partial charge in [-0.3, -0.25) is 9.59 Å². The van der Waals surface area contributed by atoms with Crippen LogP contribution in [0.15, 0.2) is 57.5 Å². The van der Waals surface area contributed by atoms with Gasteiger partial charge in [-0.2, -0.15) is 0 Å². The van der Waals surface area contributed by atoms with Crippen LogP contribution in [0.4, 0.5) is 5.82 Å². The molecule has 2 aliphatic carbocycles. The lowest BCUT2D eigenvalue weighted by molar-refractivity contribution is -0.137. The van der Waals surface area contributed by atoms with E-state index in [2.05, 4.69) is 20.2 Å². The Morgan fingerprint density at radius 3 is 2.40 bits per heavy atom. The molecule has 0 atom stereocenters. The second-order valence-electron chi connectivity index (χ2n) is 8.42. The van der Waals surface area contributed by atoms with Gasteiger partial charge < -0.3 is 14.9 Å². The highest BCUT2D eigenvalue weighted by molar-refractivity contribution is 8.00. The van der Waals surface area contributed by atoms with Gasteiger partial charge in [0.2, 0.25) is 0 Å². The molecule has 0 spiro atoms. The molecule has 2 aromatic rings. The number of methoxy groups -OCH3 is 1. The molecule has 0 aliphatic heterocycles. The van der Waals surface area contributed by atoms with Crippen molar-refractivity contribution in [2.45, 2.75) is 59.7 Å². The summed E-state index contributed by atoms with van der Waals surface area (Å²) in [5.41, 5.74) is 0.485. The molecule has 0 radical (unpaired) electrons. The average Bonchev–Trinajstić information content (AvgIpc) is 3.61. The van der Waals surface area contributed by atoms with Crippen LogP contribution in [0, 0.1) is 0 Å². The third-order valence-electron chi connectivity index (χ3n) is 5.79. The lowest BCUT2D eigenvalue weighted by Crippen LogP contribution is -2.25. The standard InChI is InChI=1S/C24H27N3O6S2/c1-32-22(28)15-34-18-8-13-21(25-14-18)26-24(29)23(27-33-17-4-2-3-5-17)16-6-9-19(10-7-16)35(30,31)20-11-12-20/h6-10,13-14,17,20H,2-5,11-12,15H2,1H3,(H,25,26,29). The quantitative estimate of drug-likeness (QED) is 0.219. The van der Waals surface area contributed by atoms with Crippen LogP contribution in [-0.2, 0) is 29.0 Å². The Morgan fingerprint density at radius 2 is 1.80 bits per heavy atom. The van der Waals surface area contributed by atoms with Crippen LogP contribution >= 0.6 is 11.8 Å². The highest BCUT2D eigenvalue weighted by Crippen LogP contribution is 2.33. The Balaban J connectivity index is 1.49.